The lowest BCUT2D eigenvalue weighted by molar-refractivity contribution is -0.137. The van der Waals surface area contributed by atoms with E-state index in [2.05, 4.69) is 5.92 Å². The van der Waals surface area contributed by atoms with E-state index < -0.39 is 21.8 Å². The molecule has 4 nitrogen and oxygen atoms in total. The standard InChI is InChI=1S/C20H17F3N2O2S/c1-4-14-25(18-10-8-17(9-11-18)20(21,22)23)15-16-6-12-19(13-7-16)28(26,27)24(3)5-2/h1-2,6-13H,14-15H2,3H3. The lowest BCUT2D eigenvalue weighted by atomic mass is 10.1. The molecule has 0 atom stereocenters. The van der Waals surface area contributed by atoms with Crippen molar-refractivity contribution < 1.29 is 21.6 Å². The van der Waals surface area contributed by atoms with E-state index in [1.165, 1.54) is 31.3 Å². The maximum Gasteiger partial charge on any atom is 0.416 e. The summed E-state index contributed by atoms with van der Waals surface area (Å²) in [6, 6.07) is 12.8. The normalized spacial score (nSPS) is 11.4. The van der Waals surface area contributed by atoms with Crippen molar-refractivity contribution in [1.29, 1.82) is 0 Å². The smallest absolute Gasteiger partial charge is 0.356 e. The lowest BCUT2D eigenvalue weighted by Crippen LogP contribution is -2.23. The van der Waals surface area contributed by atoms with Crippen LogP contribution in [0.3, 0.4) is 0 Å². The molecule has 2 aromatic carbocycles. The van der Waals surface area contributed by atoms with Crippen LogP contribution in [0.25, 0.3) is 0 Å². The van der Waals surface area contributed by atoms with Crippen molar-refractivity contribution in [1.82, 2.24) is 4.31 Å². The van der Waals surface area contributed by atoms with E-state index in [0.29, 0.717) is 12.2 Å². The number of halogens is 3. The van der Waals surface area contributed by atoms with Crippen LogP contribution in [-0.2, 0) is 22.7 Å². The second-order valence-electron chi connectivity index (χ2n) is 5.85. The van der Waals surface area contributed by atoms with Crippen LogP contribution in [0.4, 0.5) is 18.9 Å². The second-order valence-corrected chi connectivity index (χ2v) is 7.82. The highest BCUT2D eigenvalue weighted by molar-refractivity contribution is 7.89. The average molecular weight is 406 g/mol. The van der Waals surface area contributed by atoms with Gasteiger partial charge in [0.15, 0.2) is 0 Å². The van der Waals surface area contributed by atoms with Gasteiger partial charge in [0, 0.05) is 25.3 Å². The summed E-state index contributed by atoms with van der Waals surface area (Å²) in [4.78, 5) is 1.74. The van der Waals surface area contributed by atoms with Gasteiger partial charge in [-0.2, -0.15) is 13.2 Å². The van der Waals surface area contributed by atoms with E-state index in [0.717, 1.165) is 22.0 Å². The van der Waals surface area contributed by atoms with Gasteiger partial charge in [0.05, 0.1) is 17.0 Å². The molecule has 0 saturated carbocycles. The van der Waals surface area contributed by atoms with E-state index in [1.54, 1.807) is 17.0 Å². The third kappa shape index (κ3) is 4.79. The van der Waals surface area contributed by atoms with Crippen LogP contribution in [0.2, 0.25) is 0 Å². The fraction of sp³-hybridized carbons (Fsp3) is 0.200. The Morgan fingerprint density at radius 3 is 2.04 bits per heavy atom. The molecule has 0 amide bonds. The highest BCUT2D eigenvalue weighted by Crippen LogP contribution is 2.30. The van der Waals surface area contributed by atoms with Crippen LogP contribution in [0.1, 0.15) is 11.1 Å². The molecule has 0 N–H and O–H groups in total. The summed E-state index contributed by atoms with van der Waals surface area (Å²) >= 11 is 0. The number of hydrogen-bond acceptors (Lipinski definition) is 3. The molecule has 28 heavy (non-hydrogen) atoms. The van der Waals surface area contributed by atoms with Crippen LogP contribution in [0.5, 0.6) is 0 Å². The van der Waals surface area contributed by atoms with Crippen LogP contribution < -0.4 is 4.90 Å². The first-order valence-corrected chi connectivity index (χ1v) is 9.43. The Morgan fingerprint density at radius 1 is 1.00 bits per heavy atom. The molecule has 2 rings (SSSR count). The molecule has 0 aliphatic rings. The van der Waals surface area contributed by atoms with Gasteiger partial charge < -0.3 is 4.90 Å². The Labute approximate surface area is 162 Å². The van der Waals surface area contributed by atoms with Gasteiger partial charge in [0.1, 0.15) is 0 Å². The van der Waals surface area contributed by atoms with E-state index >= 15 is 0 Å². The Morgan fingerprint density at radius 2 is 1.57 bits per heavy atom. The number of nitrogens with zero attached hydrogens (tertiary/aromatic N) is 2. The molecule has 0 radical (unpaired) electrons. The minimum atomic E-state index is -4.41. The Bertz CT molecular complexity index is 1000. The summed E-state index contributed by atoms with van der Waals surface area (Å²) < 4.78 is 63.3. The number of sulfonamides is 1. The van der Waals surface area contributed by atoms with Crippen LogP contribution in [0, 0.1) is 24.8 Å². The topological polar surface area (TPSA) is 40.6 Å². The summed E-state index contributed by atoms with van der Waals surface area (Å²) in [5.74, 6) is 2.47. The fourth-order valence-corrected chi connectivity index (χ4v) is 3.36. The Hall–Kier alpha value is -3.10. The number of benzene rings is 2. The largest absolute Gasteiger partial charge is 0.416 e. The van der Waals surface area contributed by atoms with Gasteiger partial charge in [-0.05, 0) is 42.0 Å². The van der Waals surface area contributed by atoms with Crippen molar-refractivity contribution in [2.75, 3.05) is 18.5 Å². The van der Waals surface area contributed by atoms with Crippen molar-refractivity contribution >= 4 is 15.7 Å². The second kappa shape index (κ2) is 8.28. The highest BCUT2D eigenvalue weighted by atomic mass is 32.2. The highest BCUT2D eigenvalue weighted by Gasteiger charge is 2.30. The summed E-state index contributed by atoms with van der Waals surface area (Å²) in [5, 5.41) is 0. The molecular formula is C20H17F3N2O2S. The summed E-state index contributed by atoms with van der Waals surface area (Å²) in [6.07, 6.45) is 6.09. The predicted molar refractivity (Wildman–Crippen MR) is 102 cm³/mol. The molecule has 0 bridgehead atoms. The predicted octanol–water partition coefficient (Wildman–Crippen LogP) is 3.56. The molecule has 0 saturated heterocycles. The number of rotatable bonds is 6. The van der Waals surface area contributed by atoms with Gasteiger partial charge in [0.25, 0.3) is 10.0 Å². The fourth-order valence-electron chi connectivity index (χ4n) is 2.42. The molecule has 146 valence electrons. The van der Waals surface area contributed by atoms with E-state index in [9.17, 15) is 21.6 Å². The number of hydrogen-bond donors (Lipinski definition) is 0. The SMILES string of the molecule is C#CCN(Cc1ccc(S(=O)(=O)N(C)C#C)cc1)c1ccc(C(F)(F)F)cc1. The van der Waals surface area contributed by atoms with E-state index in [1.807, 2.05) is 6.04 Å². The van der Waals surface area contributed by atoms with Gasteiger partial charge >= 0.3 is 6.18 Å². The van der Waals surface area contributed by atoms with Crippen LogP contribution >= 0.6 is 0 Å². The third-order valence-electron chi connectivity index (χ3n) is 3.98. The zero-order valence-corrected chi connectivity index (χ0v) is 15.8. The van der Waals surface area contributed by atoms with Gasteiger partial charge in [-0.3, -0.25) is 0 Å². The maximum atomic E-state index is 12.7. The molecule has 0 spiro atoms. The Kier molecular flexibility index (Phi) is 6.27. The molecule has 8 heteroatoms. The maximum absolute atomic E-state index is 12.7. The Balaban J connectivity index is 2.24. The van der Waals surface area contributed by atoms with Crippen molar-refractivity contribution in [3.63, 3.8) is 0 Å². The van der Waals surface area contributed by atoms with Gasteiger partial charge in [-0.25, -0.2) is 12.7 Å². The quantitative estimate of drug-likeness (QED) is 0.544. The summed E-state index contributed by atoms with van der Waals surface area (Å²) in [5.41, 5.74) is 0.510. The molecule has 0 fully saturated rings. The zero-order chi connectivity index (χ0) is 20.9. The number of alkyl halides is 3. The summed E-state index contributed by atoms with van der Waals surface area (Å²) in [6.45, 7) is 0.464. The molecule has 0 aliphatic carbocycles. The van der Waals surface area contributed by atoms with Crippen molar-refractivity contribution in [2.45, 2.75) is 17.6 Å². The zero-order valence-electron chi connectivity index (χ0n) is 14.9. The lowest BCUT2D eigenvalue weighted by Gasteiger charge is -2.23. The van der Waals surface area contributed by atoms with Gasteiger partial charge in [-0.1, -0.05) is 24.5 Å². The molecule has 0 aliphatic heterocycles. The van der Waals surface area contributed by atoms with E-state index in [4.69, 9.17) is 12.8 Å². The third-order valence-corrected chi connectivity index (χ3v) is 5.67. The number of terminal acetylenes is 2. The van der Waals surface area contributed by atoms with E-state index in [-0.39, 0.29) is 11.4 Å². The van der Waals surface area contributed by atoms with Gasteiger partial charge in [0.2, 0.25) is 0 Å². The molecule has 2 aromatic rings. The summed E-state index contributed by atoms with van der Waals surface area (Å²) in [7, 11) is -2.50. The molecular weight excluding hydrogens is 389 g/mol. The number of anilines is 1. The minimum Gasteiger partial charge on any atom is -0.356 e. The first-order chi connectivity index (χ1) is 13.1. The first kappa shape index (κ1) is 21.2. The molecule has 0 aromatic heterocycles. The van der Waals surface area contributed by atoms with Crippen LogP contribution in [0.15, 0.2) is 53.4 Å². The van der Waals surface area contributed by atoms with Crippen molar-refractivity contribution in [3.05, 3.63) is 59.7 Å². The van der Waals surface area contributed by atoms with Crippen molar-refractivity contribution in [3.8, 4) is 24.8 Å². The molecule has 0 heterocycles. The van der Waals surface area contributed by atoms with Crippen molar-refractivity contribution in [2.24, 2.45) is 0 Å². The van der Waals surface area contributed by atoms with Gasteiger partial charge in [-0.15, -0.1) is 6.42 Å². The molecule has 0 unspecified atom stereocenters. The first-order valence-electron chi connectivity index (χ1n) is 7.99. The minimum absolute atomic E-state index is 0.0368. The monoisotopic (exact) mass is 406 g/mol. The average Bonchev–Trinajstić information content (AvgIpc) is 2.66. The van der Waals surface area contributed by atoms with Crippen LogP contribution in [-0.4, -0.2) is 26.3 Å².